The molecule has 1 saturated carbocycles. The molecule has 0 atom stereocenters. The third kappa shape index (κ3) is 4.77. The van der Waals surface area contributed by atoms with Crippen LogP contribution in [-0.4, -0.2) is 37.0 Å². The SMILES string of the molecule is CN(C)C1(CNC(=O)c2cccc(N)c2)CCCC1.Cl.Cl. The van der Waals surface area contributed by atoms with E-state index in [1.165, 1.54) is 12.8 Å². The summed E-state index contributed by atoms with van der Waals surface area (Å²) in [5.41, 5.74) is 7.07. The Labute approximate surface area is 139 Å². The van der Waals surface area contributed by atoms with Gasteiger partial charge in [0.25, 0.3) is 5.91 Å². The number of anilines is 1. The fourth-order valence-corrected chi connectivity index (χ4v) is 2.84. The van der Waals surface area contributed by atoms with Crippen molar-refractivity contribution in [2.24, 2.45) is 0 Å². The number of hydrogen-bond acceptors (Lipinski definition) is 3. The Kier molecular flexibility index (Phi) is 8.08. The molecule has 120 valence electrons. The Morgan fingerprint density at radius 2 is 1.90 bits per heavy atom. The molecule has 1 aromatic carbocycles. The van der Waals surface area contributed by atoms with Crippen LogP contribution >= 0.6 is 24.8 Å². The molecule has 0 radical (unpaired) electrons. The summed E-state index contributed by atoms with van der Waals surface area (Å²) in [6.45, 7) is 0.702. The zero-order chi connectivity index (χ0) is 13.9. The largest absolute Gasteiger partial charge is 0.399 e. The highest BCUT2D eigenvalue weighted by atomic mass is 35.5. The quantitative estimate of drug-likeness (QED) is 0.833. The van der Waals surface area contributed by atoms with E-state index in [4.69, 9.17) is 5.73 Å². The fourth-order valence-electron chi connectivity index (χ4n) is 2.84. The monoisotopic (exact) mass is 333 g/mol. The van der Waals surface area contributed by atoms with Gasteiger partial charge in [0.1, 0.15) is 0 Å². The molecular weight excluding hydrogens is 309 g/mol. The van der Waals surface area contributed by atoms with Crippen molar-refractivity contribution in [2.45, 2.75) is 31.2 Å². The first-order valence-electron chi connectivity index (χ1n) is 6.85. The number of amides is 1. The van der Waals surface area contributed by atoms with Crippen molar-refractivity contribution in [3.63, 3.8) is 0 Å². The lowest BCUT2D eigenvalue weighted by molar-refractivity contribution is 0.0900. The molecule has 0 saturated heterocycles. The van der Waals surface area contributed by atoms with Crippen molar-refractivity contribution >= 4 is 36.4 Å². The standard InChI is InChI=1S/C15H23N3O.2ClH/c1-18(2)15(8-3-4-9-15)11-17-14(19)12-6-5-7-13(16)10-12;;/h5-7,10H,3-4,8-9,11,16H2,1-2H3,(H,17,19);2*1H. The van der Waals surface area contributed by atoms with Crippen molar-refractivity contribution in [2.75, 3.05) is 26.4 Å². The second-order valence-electron chi connectivity index (χ2n) is 5.63. The van der Waals surface area contributed by atoms with Gasteiger partial charge in [0.05, 0.1) is 0 Å². The maximum absolute atomic E-state index is 12.1. The molecule has 2 rings (SSSR count). The van der Waals surface area contributed by atoms with Crippen molar-refractivity contribution in [3.05, 3.63) is 29.8 Å². The molecule has 0 aromatic heterocycles. The van der Waals surface area contributed by atoms with Crippen LogP contribution in [0.3, 0.4) is 0 Å². The van der Waals surface area contributed by atoms with Gasteiger partial charge in [0.2, 0.25) is 0 Å². The van der Waals surface area contributed by atoms with Gasteiger partial charge in [-0.05, 0) is 45.1 Å². The van der Waals surface area contributed by atoms with Gasteiger partial charge in [0.15, 0.2) is 0 Å². The number of benzene rings is 1. The average molecular weight is 334 g/mol. The molecule has 21 heavy (non-hydrogen) atoms. The molecule has 0 aliphatic heterocycles. The molecule has 0 heterocycles. The van der Waals surface area contributed by atoms with E-state index in [0.717, 1.165) is 12.8 Å². The number of nitrogens with zero attached hydrogens (tertiary/aromatic N) is 1. The number of likely N-dealkylation sites (N-methyl/N-ethyl adjacent to an activating group) is 1. The molecule has 0 spiro atoms. The minimum absolute atomic E-state index is 0. The molecule has 6 heteroatoms. The highest BCUT2D eigenvalue weighted by Gasteiger charge is 2.36. The van der Waals surface area contributed by atoms with Crippen LogP contribution in [0.4, 0.5) is 5.69 Å². The van der Waals surface area contributed by atoms with E-state index in [-0.39, 0.29) is 36.3 Å². The van der Waals surface area contributed by atoms with Crippen LogP contribution in [0.1, 0.15) is 36.0 Å². The highest BCUT2D eigenvalue weighted by Crippen LogP contribution is 2.33. The van der Waals surface area contributed by atoms with E-state index in [9.17, 15) is 4.79 Å². The van der Waals surface area contributed by atoms with Gasteiger partial charge in [-0.15, -0.1) is 24.8 Å². The Bertz CT molecular complexity index is 460. The molecule has 4 nitrogen and oxygen atoms in total. The lowest BCUT2D eigenvalue weighted by Gasteiger charge is -2.36. The maximum Gasteiger partial charge on any atom is 0.251 e. The highest BCUT2D eigenvalue weighted by molar-refractivity contribution is 5.95. The summed E-state index contributed by atoms with van der Waals surface area (Å²) in [7, 11) is 4.19. The number of nitrogens with one attached hydrogen (secondary N) is 1. The van der Waals surface area contributed by atoms with Gasteiger partial charge in [0, 0.05) is 23.3 Å². The third-order valence-corrected chi connectivity index (χ3v) is 4.21. The summed E-state index contributed by atoms with van der Waals surface area (Å²) < 4.78 is 0. The molecule has 1 fully saturated rings. The zero-order valence-electron chi connectivity index (χ0n) is 12.6. The number of nitrogens with two attached hydrogens (primary N) is 1. The lowest BCUT2D eigenvalue weighted by atomic mass is 9.96. The topological polar surface area (TPSA) is 58.4 Å². The summed E-state index contributed by atoms with van der Waals surface area (Å²) in [4.78, 5) is 14.4. The van der Waals surface area contributed by atoms with E-state index in [2.05, 4.69) is 24.3 Å². The van der Waals surface area contributed by atoms with Gasteiger partial charge in [-0.25, -0.2) is 0 Å². The summed E-state index contributed by atoms with van der Waals surface area (Å²) in [6.07, 6.45) is 4.78. The van der Waals surface area contributed by atoms with Crippen molar-refractivity contribution in [3.8, 4) is 0 Å². The Balaban J connectivity index is 0.00000200. The average Bonchev–Trinajstić information content (AvgIpc) is 2.86. The third-order valence-electron chi connectivity index (χ3n) is 4.21. The van der Waals surface area contributed by atoms with Crippen LogP contribution in [0.25, 0.3) is 0 Å². The van der Waals surface area contributed by atoms with E-state index in [0.29, 0.717) is 17.8 Å². The van der Waals surface area contributed by atoms with Gasteiger partial charge >= 0.3 is 0 Å². The Hall–Kier alpha value is -0.970. The molecule has 0 unspecified atom stereocenters. The van der Waals surface area contributed by atoms with Gasteiger partial charge in [-0.2, -0.15) is 0 Å². The molecular formula is C15H25Cl2N3O. The molecule has 0 bridgehead atoms. The minimum Gasteiger partial charge on any atom is -0.399 e. The smallest absolute Gasteiger partial charge is 0.251 e. The first-order chi connectivity index (χ1) is 9.03. The first kappa shape index (κ1) is 20.0. The van der Waals surface area contributed by atoms with Gasteiger partial charge in [-0.3, -0.25) is 4.79 Å². The molecule has 3 N–H and O–H groups in total. The van der Waals surface area contributed by atoms with E-state index in [1.54, 1.807) is 18.2 Å². The molecule has 1 aliphatic rings. The number of carbonyl (C=O) groups excluding carboxylic acids is 1. The Morgan fingerprint density at radius 3 is 2.43 bits per heavy atom. The molecule has 1 aliphatic carbocycles. The van der Waals surface area contributed by atoms with E-state index < -0.39 is 0 Å². The lowest BCUT2D eigenvalue weighted by Crippen LogP contribution is -2.50. The van der Waals surface area contributed by atoms with Crippen molar-refractivity contribution in [1.82, 2.24) is 10.2 Å². The number of carbonyl (C=O) groups is 1. The second-order valence-corrected chi connectivity index (χ2v) is 5.63. The summed E-state index contributed by atoms with van der Waals surface area (Å²) in [5, 5.41) is 3.05. The summed E-state index contributed by atoms with van der Waals surface area (Å²) >= 11 is 0. The normalized spacial score (nSPS) is 16.0. The van der Waals surface area contributed by atoms with Crippen LogP contribution in [-0.2, 0) is 0 Å². The molecule has 1 aromatic rings. The van der Waals surface area contributed by atoms with Crippen molar-refractivity contribution in [1.29, 1.82) is 0 Å². The Morgan fingerprint density at radius 1 is 1.29 bits per heavy atom. The van der Waals surface area contributed by atoms with Crippen LogP contribution in [0.2, 0.25) is 0 Å². The fraction of sp³-hybridized carbons (Fsp3) is 0.533. The van der Waals surface area contributed by atoms with Crippen molar-refractivity contribution < 1.29 is 4.79 Å². The number of nitrogen functional groups attached to an aromatic ring is 1. The predicted octanol–water partition coefficient (Wildman–Crippen LogP) is 2.72. The summed E-state index contributed by atoms with van der Waals surface area (Å²) in [5.74, 6) is -0.0413. The van der Waals surface area contributed by atoms with Crippen LogP contribution in [0.5, 0.6) is 0 Å². The van der Waals surface area contributed by atoms with Gasteiger partial charge < -0.3 is 16.0 Å². The maximum atomic E-state index is 12.1. The first-order valence-corrected chi connectivity index (χ1v) is 6.85. The summed E-state index contributed by atoms with van der Waals surface area (Å²) in [6, 6.07) is 7.10. The van der Waals surface area contributed by atoms with Crippen LogP contribution in [0, 0.1) is 0 Å². The number of hydrogen-bond donors (Lipinski definition) is 2. The number of halogens is 2. The van der Waals surface area contributed by atoms with E-state index >= 15 is 0 Å². The van der Waals surface area contributed by atoms with Gasteiger partial charge in [-0.1, -0.05) is 18.9 Å². The second kappa shape index (κ2) is 8.47. The number of rotatable bonds is 4. The van der Waals surface area contributed by atoms with E-state index in [1.807, 2.05) is 6.07 Å². The van der Waals surface area contributed by atoms with Crippen LogP contribution < -0.4 is 11.1 Å². The molecule has 1 amide bonds. The minimum atomic E-state index is -0.0413. The zero-order valence-corrected chi connectivity index (χ0v) is 14.2. The predicted molar refractivity (Wildman–Crippen MR) is 92.6 cm³/mol. The van der Waals surface area contributed by atoms with Crippen LogP contribution in [0.15, 0.2) is 24.3 Å².